The molecular formula is C18H32N2. The Labute approximate surface area is 125 Å². The molecule has 2 fully saturated rings. The summed E-state index contributed by atoms with van der Waals surface area (Å²) in [6.07, 6.45) is 13.1. The van der Waals surface area contributed by atoms with Crippen molar-refractivity contribution in [2.75, 3.05) is 6.54 Å². The Morgan fingerprint density at radius 3 is 2.45 bits per heavy atom. The van der Waals surface area contributed by atoms with Crippen LogP contribution in [-0.2, 0) is 0 Å². The molecule has 0 saturated heterocycles. The first-order valence-electron chi connectivity index (χ1n) is 8.78. The van der Waals surface area contributed by atoms with Crippen LogP contribution in [0.2, 0.25) is 0 Å². The van der Waals surface area contributed by atoms with Crippen LogP contribution in [0.1, 0.15) is 78.1 Å². The fraction of sp³-hybridized carbons (Fsp3) is 0.944. The molecule has 0 aromatic rings. The second-order valence-electron chi connectivity index (χ2n) is 7.67. The Kier molecular flexibility index (Phi) is 5.90. The van der Waals surface area contributed by atoms with Crippen LogP contribution in [0.5, 0.6) is 0 Å². The summed E-state index contributed by atoms with van der Waals surface area (Å²) in [4.78, 5) is 0. The minimum Gasteiger partial charge on any atom is -0.312 e. The minimum atomic E-state index is 0.245. The summed E-state index contributed by atoms with van der Waals surface area (Å²) in [5, 5.41) is 13.2. The van der Waals surface area contributed by atoms with Crippen molar-refractivity contribution < 1.29 is 0 Å². The van der Waals surface area contributed by atoms with Crippen LogP contribution in [0.25, 0.3) is 0 Å². The molecule has 0 spiro atoms. The molecule has 114 valence electrons. The number of hydrogen-bond donors (Lipinski definition) is 1. The quantitative estimate of drug-likeness (QED) is 0.742. The molecule has 20 heavy (non-hydrogen) atoms. The molecular weight excluding hydrogens is 244 g/mol. The fourth-order valence-electron chi connectivity index (χ4n) is 4.50. The predicted molar refractivity (Wildman–Crippen MR) is 84.3 cm³/mol. The van der Waals surface area contributed by atoms with Gasteiger partial charge in [0.2, 0.25) is 0 Å². The standard InChI is InChI=1S/C18H32N2/c1-15(2)12-18(10-6-7-11-18)14-20-17-9-5-3-4-8-16(17)13-19/h15-17,20H,3-12,14H2,1-2H3. The first-order valence-corrected chi connectivity index (χ1v) is 8.78. The van der Waals surface area contributed by atoms with Gasteiger partial charge in [-0.1, -0.05) is 46.0 Å². The van der Waals surface area contributed by atoms with E-state index < -0.39 is 0 Å². The number of nitrogens with zero attached hydrogens (tertiary/aromatic N) is 1. The highest BCUT2D eigenvalue weighted by molar-refractivity contribution is 4.96. The lowest BCUT2D eigenvalue weighted by Gasteiger charge is -2.34. The van der Waals surface area contributed by atoms with Crippen molar-refractivity contribution in [2.45, 2.75) is 84.1 Å². The van der Waals surface area contributed by atoms with Crippen LogP contribution < -0.4 is 5.32 Å². The highest BCUT2D eigenvalue weighted by Crippen LogP contribution is 2.43. The van der Waals surface area contributed by atoms with Crippen LogP contribution in [0.3, 0.4) is 0 Å². The zero-order chi connectivity index (χ0) is 14.4. The van der Waals surface area contributed by atoms with Crippen molar-refractivity contribution in [3.8, 4) is 6.07 Å². The first-order chi connectivity index (χ1) is 9.65. The zero-order valence-corrected chi connectivity index (χ0v) is 13.5. The van der Waals surface area contributed by atoms with Crippen molar-refractivity contribution in [1.82, 2.24) is 5.32 Å². The lowest BCUT2D eigenvalue weighted by molar-refractivity contribution is 0.206. The average molecular weight is 276 g/mol. The van der Waals surface area contributed by atoms with Crippen molar-refractivity contribution >= 4 is 0 Å². The Hall–Kier alpha value is -0.550. The molecule has 2 aliphatic rings. The van der Waals surface area contributed by atoms with Crippen LogP contribution in [-0.4, -0.2) is 12.6 Å². The van der Waals surface area contributed by atoms with Gasteiger partial charge in [-0.15, -0.1) is 0 Å². The van der Waals surface area contributed by atoms with E-state index >= 15 is 0 Å². The number of nitrogens with one attached hydrogen (secondary N) is 1. The van der Waals surface area contributed by atoms with Gasteiger partial charge in [-0.3, -0.25) is 0 Å². The van der Waals surface area contributed by atoms with E-state index in [1.54, 1.807) is 0 Å². The average Bonchev–Trinajstić information content (AvgIpc) is 2.74. The van der Waals surface area contributed by atoms with Gasteiger partial charge in [-0.05, 0) is 43.4 Å². The maximum Gasteiger partial charge on any atom is 0.0672 e. The van der Waals surface area contributed by atoms with Gasteiger partial charge in [0.1, 0.15) is 0 Å². The predicted octanol–water partition coefficient (Wildman–Crippen LogP) is 4.65. The minimum absolute atomic E-state index is 0.245. The maximum atomic E-state index is 9.40. The summed E-state index contributed by atoms with van der Waals surface area (Å²) in [5.41, 5.74) is 0.528. The second kappa shape index (κ2) is 7.46. The lowest BCUT2D eigenvalue weighted by Crippen LogP contribution is -2.42. The fourth-order valence-corrected chi connectivity index (χ4v) is 4.50. The topological polar surface area (TPSA) is 35.8 Å². The monoisotopic (exact) mass is 276 g/mol. The SMILES string of the molecule is CC(C)CC1(CNC2CCCCCC2C#N)CCCC1. The normalized spacial score (nSPS) is 30.1. The second-order valence-corrected chi connectivity index (χ2v) is 7.67. The summed E-state index contributed by atoms with van der Waals surface area (Å²) in [6, 6.07) is 3.01. The smallest absolute Gasteiger partial charge is 0.0672 e. The molecule has 0 aromatic heterocycles. The molecule has 2 saturated carbocycles. The Bertz CT molecular complexity index is 323. The van der Waals surface area contributed by atoms with Crippen LogP contribution in [0, 0.1) is 28.6 Å². The van der Waals surface area contributed by atoms with E-state index in [1.807, 2.05) is 0 Å². The summed E-state index contributed by atoms with van der Waals surface area (Å²) >= 11 is 0. The summed E-state index contributed by atoms with van der Waals surface area (Å²) in [5.74, 6) is 1.03. The van der Waals surface area contributed by atoms with Crippen molar-refractivity contribution in [1.29, 1.82) is 5.26 Å². The molecule has 2 rings (SSSR count). The molecule has 0 bridgehead atoms. The first kappa shape index (κ1) is 15.8. The van der Waals surface area contributed by atoms with Gasteiger partial charge in [-0.2, -0.15) is 5.26 Å². The molecule has 2 nitrogen and oxygen atoms in total. The maximum absolute atomic E-state index is 9.40. The van der Waals surface area contributed by atoms with Crippen LogP contribution in [0.4, 0.5) is 0 Å². The van der Waals surface area contributed by atoms with Crippen molar-refractivity contribution in [3.05, 3.63) is 0 Å². The summed E-state index contributed by atoms with van der Waals surface area (Å²) in [7, 11) is 0. The molecule has 0 aliphatic heterocycles. The molecule has 2 unspecified atom stereocenters. The summed E-state index contributed by atoms with van der Waals surface area (Å²) < 4.78 is 0. The van der Waals surface area contributed by atoms with Gasteiger partial charge in [-0.25, -0.2) is 0 Å². The van der Waals surface area contributed by atoms with Gasteiger partial charge in [0, 0.05) is 12.6 Å². The van der Waals surface area contributed by atoms with E-state index in [9.17, 15) is 5.26 Å². The highest BCUT2D eigenvalue weighted by atomic mass is 14.9. The van der Waals surface area contributed by atoms with E-state index in [0.29, 0.717) is 11.5 Å². The summed E-state index contributed by atoms with van der Waals surface area (Å²) in [6.45, 7) is 5.85. The molecule has 0 heterocycles. The lowest BCUT2D eigenvalue weighted by atomic mass is 9.78. The molecule has 2 heteroatoms. The third kappa shape index (κ3) is 4.22. The number of hydrogen-bond acceptors (Lipinski definition) is 2. The molecule has 1 N–H and O–H groups in total. The third-order valence-corrected chi connectivity index (χ3v) is 5.43. The number of nitriles is 1. The largest absolute Gasteiger partial charge is 0.312 e. The van der Waals surface area contributed by atoms with E-state index in [2.05, 4.69) is 25.2 Å². The van der Waals surface area contributed by atoms with E-state index in [-0.39, 0.29) is 5.92 Å². The van der Waals surface area contributed by atoms with Gasteiger partial charge < -0.3 is 5.32 Å². The molecule has 0 aromatic carbocycles. The third-order valence-electron chi connectivity index (χ3n) is 5.43. The molecule has 2 aliphatic carbocycles. The van der Waals surface area contributed by atoms with E-state index in [1.165, 1.54) is 57.8 Å². The van der Waals surface area contributed by atoms with E-state index in [0.717, 1.165) is 18.9 Å². The van der Waals surface area contributed by atoms with Gasteiger partial charge in [0.05, 0.1) is 12.0 Å². The Morgan fingerprint density at radius 2 is 1.80 bits per heavy atom. The molecule has 0 amide bonds. The highest BCUT2D eigenvalue weighted by Gasteiger charge is 2.35. The Balaban J connectivity index is 1.92. The van der Waals surface area contributed by atoms with Gasteiger partial charge >= 0.3 is 0 Å². The Morgan fingerprint density at radius 1 is 1.10 bits per heavy atom. The van der Waals surface area contributed by atoms with Crippen LogP contribution in [0.15, 0.2) is 0 Å². The van der Waals surface area contributed by atoms with Gasteiger partial charge in [0.25, 0.3) is 0 Å². The molecule has 0 radical (unpaired) electrons. The zero-order valence-electron chi connectivity index (χ0n) is 13.5. The van der Waals surface area contributed by atoms with Crippen molar-refractivity contribution in [3.63, 3.8) is 0 Å². The van der Waals surface area contributed by atoms with Crippen LogP contribution >= 0.6 is 0 Å². The van der Waals surface area contributed by atoms with E-state index in [4.69, 9.17) is 0 Å². The van der Waals surface area contributed by atoms with Gasteiger partial charge in [0.15, 0.2) is 0 Å². The van der Waals surface area contributed by atoms with Crippen molar-refractivity contribution in [2.24, 2.45) is 17.3 Å². The molecule has 2 atom stereocenters. The number of rotatable bonds is 5.